The van der Waals surface area contributed by atoms with E-state index < -0.39 is 0 Å². The summed E-state index contributed by atoms with van der Waals surface area (Å²) in [7, 11) is 0. The highest BCUT2D eigenvalue weighted by molar-refractivity contribution is 5.54. The molecule has 0 aliphatic heterocycles. The second kappa shape index (κ2) is 7.64. The molecule has 0 aliphatic rings. The van der Waals surface area contributed by atoms with E-state index in [1.54, 1.807) is 18.6 Å². The summed E-state index contributed by atoms with van der Waals surface area (Å²) >= 11 is 0. The van der Waals surface area contributed by atoms with Gasteiger partial charge in [-0.2, -0.15) is 0 Å². The van der Waals surface area contributed by atoms with Crippen LogP contribution in [0, 0.1) is 0 Å². The molecular formula is C15H22N2O. The van der Waals surface area contributed by atoms with Crippen molar-refractivity contribution in [1.82, 2.24) is 9.97 Å². The molecule has 0 fully saturated rings. The molecule has 3 nitrogen and oxygen atoms in total. The van der Waals surface area contributed by atoms with E-state index in [0.717, 1.165) is 30.1 Å². The summed E-state index contributed by atoms with van der Waals surface area (Å²) in [6.45, 7) is 8.31. The monoisotopic (exact) mass is 246 g/mol. The Morgan fingerprint density at radius 2 is 1.72 bits per heavy atom. The van der Waals surface area contributed by atoms with Crippen LogP contribution in [0.15, 0.2) is 35.1 Å². The van der Waals surface area contributed by atoms with Crippen LogP contribution in [0.25, 0.3) is 11.3 Å². The average Bonchev–Trinajstić information content (AvgIpc) is 2.93. The summed E-state index contributed by atoms with van der Waals surface area (Å²) < 4.78 is 5.77. The molecule has 0 spiro atoms. The fourth-order valence-corrected chi connectivity index (χ4v) is 1.76. The van der Waals surface area contributed by atoms with Crippen molar-refractivity contribution in [3.8, 4) is 11.3 Å². The van der Waals surface area contributed by atoms with Crippen LogP contribution in [0.4, 0.5) is 0 Å². The largest absolute Gasteiger partial charge is 0.440 e. The molecule has 0 N–H and O–H groups in total. The van der Waals surface area contributed by atoms with Gasteiger partial charge in [-0.1, -0.05) is 27.7 Å². The maximum absolute atomic E-state index is 5.77. The first-order valence-corrected chi connectivity index (χ1v) is 6.71. The molecule has 0 radical (unpaired) electrons. The first-order chi connectivity index (χ1) is 8.85. The summed E-state index contributed by atoms with van der Waals surface area (Å²) in [6.07, 6.45) is 7.44. The van der Waals surface area contributed by atoms with E-state index in [-0.39, 0.29) is 0 Å². The molecule has 0 atom stereocenters. The molecular weight excluding hydrogens is 224 g/mol. The zero-order chi connectivity index (χ0) is 13.4. The zero-order valence-corrected chi connectivity index (χ0v) is 11.7. The minimum atomic E-state index is 0.426. The minimum Gasteiger partial charge on any atom is -0.440 e. The van der Waals surface area contributed by atoms with Gasteiger partial charge in [0.05, 0.1) is 6.20 Å². The Morgan fingerprint density at radius 3 is 2.28 bits per heavy atom. The lowest BCUT2D eigenvalue weighted by Crippen LogP contribution is -1.94. The third-order valence-corrected chi connectivity index (χ3v) is 2.82. The standard InChI is InChI=1S/C13H16N2O.C2H6/c1-3-10(4-2)13-15-9-12(16-13)11-5-7-14-8-6-11;1-2/h5-10H,3-4H2,1-2H3;1-2H3. The fourth-order valence-electron chi connectivity index (χ4n) is 1.76. The van der Waals surface area contributed by atoms with Crippen LogP contribution in [0.3, 0.4) is 0 Å². The fraction of sp³-hybridized carbons (Fsp3) is 0.467. The van der Waals surface area contributed by atoms with E-state index in [1.807, 2.05) is 26.0 Å². The van der Waals surface area contributed by atoms with E-state index in [2.05, 4.69) is 23.8 Å². The van der Waals surface area contributed by atoms with Gasteiger partial charge in [0.15, 0.2) is 11.7 Å². The molecule has 0 saturated carbocycles. The first kappa shape index (κ1) is 14.4. The number of nitrogens with zero attached hydrogens (tertiary/aromatic N) is 2. The van der Waals surface area contributed by atoms with Gasteiger partial charge in [-0.25, -0.2) is 4.98 Å². The van der Waals surface area contributed by atoms with Crippen LogP contribution in [-0.2, 0) is 0 Å². The van der Waals surface area contributed by atoms with E-state index in [0.29, 0.717) is 5.92 Å². The Bertz CT molecular complexity index is 433. The number of aromatic nitrogens is 2. The topological polar surface area (TPSA) is 38.9 Å². The molecule has 0 unspecified atom stereocenters. The maximum atomic E-state index is 5.77. The number of pyridine rings is 1. The summed E-state index contributed by atoms with van der Waals surface area (Å²) in [6, 6.07) is 3.86. The van der Waals surface area contributed by atoms with Crippen molar-refractivity contribution in [3.05, 3.63) is 36.6 Å². The normalized spacial score (nSPS) is 10.1. The zero-order valence-electron chi connectivity index (χ0n) is 11.7. The van der Waals surface area contributed by atoms with Crippen molar-refractivity contribution >= 4 is 0 Å². The molecule has 0 saturated heterocycles. The summed E-state index contributed by atoms with van der Waals surface area (Å²) in [5.41, 5.74) is 1.03. The molecule has 0 amide bonds. The van der Waals surface area contributed by atoms with Crippen LogP contribution >= 0.6 is 0 Å². The second-order valence-corrected chi connectivity index (χ2v) is 3.81. The Labute approximate surface area is 109 Å². The van der Waals surface area contributed by atoms with Gasteiger partial charge in [0.2, 0.25) is 0 Å². The van der Waals surface area contributed by atoms with Crippen LogP contribution in [0.1, 0.15) is 52.3 Å². The predicted octanol–water partition coefficient (Wildman–Crippen LogP) is 4.67. The van der Waals surface area contributed by atoms with Crippen molar-refractivity contribution in [3.63, 3.8) is 0 Å². The van der Waals surface area contributed by atoms with E-state index in [1.165, 1.54) is 0 Å². The molecule has 0 aromatic carbocycles. The van der Waals surface area contributed by atoms with E-state index in [9.17, 15) is 0 Å². The highest BCUT2D eigenvalue weighted by atomic mass is 16.4. The lowest BCUT2D eigenvalue weighted by atomic mass is 10.0. The van der Waals surface area contributed by atoms with Crippen LogP contribution < -0.4 is 0 Å². The van der Waals surface area contributed by atoms with Gasteiger partial charge in [-0.05, 0) is 25.0 Å². The van der Waals surface area contributed by atoms with Gasteiger partial charge in [-0.15, -0.1) is 0 Å². The number of oxazole rings is 1. The third-order valence-electron chi connectivity index (χ3n) is 2.82. The van der Waals surface area contributed by atoms with E-state index in [4.69, 9.17) is 4.42 Å². The Balaban J connectivity index is 0.000000771. The third kappa shape index (κ3) is 3.42. The maximum Gasteiger partial charge on any atom is 0.197 e. The average molecular weight is 246 g/mol. The summed E-state index contributed by atoms with van der Waals surface area (Å²) in [4.78, 5) is 8.33. The van der Waals surface area contributed by atoms with Gasteiger partial charge in [0.25, 0.3) is 0 Å². The molecule has 3 heteroatoms. The SMILES string of the molecule is CC.CCC(CC)c1ncc(-c2ccncc2)o1. The van der Waals surface area contributed by atoms with Crippen molar-refractivity contribution in [2.24, 2.45) is 0 Å². The van der Waals surface area contributed by atoms with Gasteiger partial charge in [0.1, 0.15) is 0 Å². The molecule has 2 aromatic heterocycles. The van der Waals surface area contributed by atoms with Crippen molar-refractivity contribution < 1.29 is 4.42 Å². The Kier molecular flexibility index (Phi) is 6.12. The van der Waals surface area contributed by atoms with Crippen LogP contribution in [0.2, 0.25) is 0 Å². The Hall–Kier alpha value is -1.64. The Morgan fingerprint density at radius 1 is 1.11 bits per heavy atom. The summed E-state index contributed by atoms with van der Waals surface area (Å²) in [5.74, 6) is 2.09. The molecule has 2 aromatic rings. The van der Waals surface area contributed by atoms with Gasteiger partial charge in [-0.3, -0.25) is 4.98 Å². The highest BCUT2D eigenvalue weighted by Crippen LogP contribution is 2.26. The predicted molar refractivity (Wildman–Crippen MR) is 74.4 cm³/mol. The van der Waals surface area contributed by atoms with Crippen LogP contribution in [0.5, 0.6) is 0 Å². The minimum absolute atomic E-state index is 0.426. The van der Waals surface area contributed by atoms with Crippen molar-refractivity contribution in [2.75, 3.05) is 0 Å². The molecule has 2 heterocycles. The summed E-state index contributed by atoms with van der Waals surface area (Å²) in [5, 5.41) is 0. The van der Waals surface area contributed by atoms with E-state index >= 15 is 0 Å². The lowest BCUT2D eigenvalue weighted by molar-refractivity contribution is 0.439. The highest BCUT2D eigenvalue weighted by Gasteiger charge is 2.14. The smallest absolute Gasteiger partial charge is 0.197 e. The van der Waals surface area contributed by atoms with Crippen molar-refractivity contribution in [2.45, 2.75) is 46.5 Å². The number of hydrogen-bond donors (Lipinski definition) is 0. The molecule has 0 aliphatic carbocycles. The van der Waals surface area contributed by atoms with Gasteiger partial charge >= 0.3 is 0 Å². The van der Waals surface area contributed by atoms with Gasteiger partial charge in [0, 0.05) is 23.9 Å². The molecule has 0 bridgehead atoms. The van der Waals surface area contributed by atoms with Crippen LogP contribution in [-0.4, -0.2) is 9.97 Å². The second-order valence-electron chi connectivity index (χ2n) is 3.81. The van der Waals surface area contributed by atoms with Crippen molar-refractivity contribution in [1.29, 1.82) is 0 Å². The lowest BCUT2D eigenvalue weighted by Gasteiger charge is -2.06. The van der Waals surface area contributed by atoms with Gasteiger partial charge < -0.3 is 4.42 Å². The molecule has 2 rings (SSSR count). The quantitative estimate of drug-likeness (QED) is 0.787. The number of hydrogen-bond acceptors (Lipinski definition) is 3. The number of rotatable bonds is 4. The molecule has 98 valence electrons. The first-order valence-electron chi connectivity index (χ1n) is 6.71. The molecule has 18 heavy (non-hydrogen) atoms.